The number of nitrogens with zero attached hydrogens (tertiary/aromatic N) is 1. The predicted octanol–water partition coefficient (Wildman–Crippen LogP) is 4.82. The Morgan fingerprint density at radius 2 is 2.00 bits per heavy atom. The quantitative estimate of drug-likeness (QED) is 0.573. The van der Waals surface area contributed by atoms with E-state index in [1.54, 1.807) is 0 Å². The van der Waals surface area contributed by atoms with Gasteiger partial charge in [-0.25, -0.2) is 4.98 Å². The van der Waals surface area contributed by atoms with Crippen molar-refractivity contribution in [3.05, 3.63) is 21.3 Å². The fraction of sp³-hybridized carbons (Fsp3) is 0.571. The van der Waals surface area contributed by atoms with E-state index < -0.39 is 0 Å². The Balaban J connectivity index is 1.95. The molecule has 1 aliphatic rings. The molecule has 0 amide bonds. The molecule has 1 saturated carbocycles. The van der Waals surface area contributed by atoms with Gasteiger partial charge in [0.15, 0.2) is 5.11 Å². The van der Waals surface area contributed by atoms with E-state index in [4.69, 9.17) is 23.8 Å². The maximum Gasteiger partial charge on any atom is 0.172 e. The van der Waals surface area contributed by atoms with Gasteiger partial charge in [0, 0.05) is 6.04 Å². The lowest BCUT2D eigenvalue weighted by molar-refractivity contribution is 0.535. The second kappa shape index (κ2) is 7.57. The SMILES string of the molecule is Cc1nc(NC(=S)NC2CCCCCC2)c(Br)cc1Cl. The van der Waals surface area contributed by atoms with Gasteiger partial charge < -0.3 is 10.6 Å². The van der Waals surface area contributed by atoms with Crippen LogP contribution in [0.25, 0.3) is 0 Å². The first kappa shape index (κ1) is 16.0. The van der Waals surface area contributed by atoms with Crippen LogP contribution in [0.5, 0.6) is 0 Å². The van der Waals surface area contributed by atoms with Gasteiger partial charge in [-0.15, -0.1) is 0 Å². The molecule has 2 N–H and O–H groups in total. The minimum atomic E-state index is 0.477. The highest BCUT2D eigenvalue weighted by atomic mass is 79.9. The first-order valence-corrected chi connectivity index (χ1v) is 8.54. The van der Waals surface area contributed by atoms with E-state index in [0.29, 0.717) is 22.0 Å². The summed E-state index contributed by atoms with van der Waals surface area (Å²) in [4.78, 5) is 4.41. The number of hydrogen-bond donors (Lipinski definition) is 2. The summed E-state index contributed by atoms with van der Waals surface area (Å²) >= 11 is 14.9. The monoisotopic (exact) mass is 375 g/mol. The van der Waals surface area contributed by atoms with Crippen molar-refractivity contribution in [1.82, 2.24) is 10.3 Å². The van der Waals surface area contributed by atoms with Gasteiger partial charge in [0.05, 0.1) is 15.2 Å². The molecule has 0 aliphatic heterocycles. The average Bonchev–Trinajstić information content (AvgIpc) is 2.64. The normalized spacial score (nSPS) is 16.6. The van der Waals surface area contributed by atoms with Gasteiger partial charge in [-0.3, -0.25) is 0 Å². The first-order valence-electron chi connectivity index (χ1n) is 6.96. The zero-order valence-electron chi connectivity index (χ0n) is 11.5. The number of rotatable bonds is 2. The molecule has 20 heavy (non-hydrogen) atoms. The van der Waals surface area contributed by atoms with Gasteiger partial charge in [-0.05, 0) is 54.0 Å². The Bertz CT molecular complexity index is 488. The molecule has 0 spiro atoms. The first-order chi connectivity index (χ1) is 9.56. The van der Waals surface area contributed by atoms with Crippen molar-refractivity contribution in [3.63, 3.8) is 0 Å². The highest BCUT2D eigenvalue weighted by Gasteiger charge is 2.14. The molecule has 0 aromatic carbocycles. The Morgan fingerprint density at radius 3 is 2.65 bits per heavy atom. The fourth-order valence-electron chi connectivity index (χ4n) is 2.40. The van der Waals surface area contributed by atoms with E-state index in [1.807, 2.05) is 13.0 Å². The Morgan fingerprint density at radius 1 is 1.35 bits per heavy atom. The fourth-order valence-corrected chi connectivity index (χ4v) is 3.36. The summed E-state index contributed by atoms with van der Waals surface area (Å²) in [6, 6.07) is 2.31. The van der Waals surface area contributed by atoms with Gasteiger partial charge in [0.1, 0.15) is 5.82 Å². The maximum absolute atomic E-state index is 6.03. The number of aromatic nitrogens is 1. The van der Waals surface area contributed by atoms with Gasteiger partial charge in [-0.1, -0.05) is 37.3 Å². The van der Waals surface area contributed by atoms with E-state index in [1.165, 1.54) is 38.5 Å². The highest BCUT2D eigenvalue weighted by molar-refractivity contribution is 9.10. The third-order valence-corrected chi connectivity index (χ3v) is 4.73. The van der Waals surface area contributed by atoms with Crippen LogP contribution in [0.2, 0.25) is 5.02 Å². The number of anilines is 1. The molecular weight excluding hydrogens is 358 g/mol. The van der Waals surface area contributed by atoms with Crippen LogP contribution in [-0.4, -0.2) is 16.1 Å². The van der Waals surface area contributed by atoms with E-state index in [0.717, 1.165) is 10.2 Å². The Kier molecular flexibility index (Phi) is 6.05. The molecule has 3 nitrogen and oxygen atoms in total. The summed E-state index contributed by atoms with van der Waals surface area (Å²) in [5, 5.41) is 7.82. The third kappa shape index (κ3) is 4.57. The summed E-state index contributed by atoms with van der Waals surface area (Å²) in [6.07, 6.45) is 7.61. The summed E-state index contributed by atoms with van der Waals surface area (Å²) in [6.45, 7) is 1.88. The molecule has 0 atom stereocenters. The van der Waals surface area contributed by atoms with Crippen molar-refractivity contribution in [1.29, 1.82) is 0 Å². The van der Waals surface area contributed by atoms with E-state index in [9.17, 15) is 0 Å². The number of thiocarbonyl (C=S) groups is 1. The Labute approximate surface area is 139 Å². The van der Waals surface area contributed by atoms with Crippen LogP contribution < -0.4 is 10.6 Å². The predicted molar refractivity (Wildman–Crippen MR) is 92.5 cm³/mol. The van der Waals surface area contributed by atoms with Crippen molar-refractivity contribution >= 4 is 50.7 Å². The molecule has 0 radical (unpaired) electrons. The van der Waals surface area contributed by atoms with Gasteiger partial charge in [-0.2, -0.15) is 0 Å². The number of hydrogen-bond acceptors (Lipinski definition) is 2. The molecule has 1 aromatic rings. The van der Waals surface area contributed by atoms with Crippen molar-refractivity contribution in [2.75, 3.05) is 5.32 Å². The van der Waals surface area contributed by atoms with Crippen LogP contribution in [0.4, 0.5) is 5.82 Å². The smallest absolute Gasteiger partial charge is 0.172 e. The van der Waals surface area contributed by atoms with Crippen LogP contribution in [0.15, 0.2) is 10.5 Å². The number of halogens is 2. The van der Waals surface area contributed by atoms with Crippen LogP contribution in [0, 0.1) is 6.92 Å². The van der Waals surface area contributed by atoms with Gasteiger partial charge in [0.25, 0.3) is 0 Å². The van der Waals surface area contributed by atoms with E-state index in [-0.39, 0.29) is 0 Å². The van der Waals surface area contributed by atoms with Crippen molar-refractivity contribution in [2.24, 2.45) is 0 Å². The average molecular weight is 377 g/mol. The summed E-state index contributed by atoms with van der Waals surface area (Å²) < 4.78 is 0.818. The second-order valence-electron chi connectivity index (χ2n) is 5.17. The van der Waals surface area contributed by atoms with E-state index >= 15 is 0 Å². The minimum Gasteiger partial charge on any atom is -0.360 e. The molecule has 110 valence electrons. The largest absolute Gasteiger partial charge is 0.360 e. The molecule has 1 heterocycles. The molecule has 0 unspecified atom stereocenters. The van der Waals surface area contributed by atoms with Crippen molar-refractivity contribution < 1.29 is 0 Å². The van der Waals surface area contributed by atoms with Crippen molar-refractivity contribution in [3.8, 4) is 0 Å². The second-order valence-corrected chi connectivity index (χ2v) is 6.84. The molecule has 2 rings (SSSR count). The lowest BCUT2D eigenvalue weighted by Gasteiger charge is -2.19. The van der Waals surface area contributed by atoms with Crippen LogP contribution in [-0.2, 0) is 0 Å². The lowest BCUT2D eigenvalue weighted by atomic mass is 10.1. The molecular formula is C14H19BrClN3S. The van der Waals surface area contributed by atoms with Crippen LogP contribution in [0.3, 0.4) is 0 Å². The highest BCUT2D eigenvalue weighted by Crippen LogP contribution is 2.26. The van der Waals surface area contributed by atoms with E-state index in [2.05, 4.69) is 31.5 Å². The lowest BCUT2D eigenvalue weighted by Crippen LogP contribution is -2.37. The zero-order valence-corrected chi connectivity index (χ0v) is 14.7. The molecule has 0 saturated heterocycles. The van der Waals surface area contributed by atoms with Crippen LogP contribution >= 0.6 is 39.7 Å². The molecule has 1 fully saturated rings. The molecule has 0 bridgehead atoms. The number of aryl methyl sites for hydroxylation is 1. The zero-order chi connectivity index (χ0) is 14.5. The number of nitrogens with one attached hydrogen (secondary N) is 2. The minimum absolute atomic E-state index is 0.477. The number of pyridine rings is 1. The van der Waals surface area contributed by atoms with Crippen molar-refractivity contribution in [2.45, 2.75) is 51.5 Å². The standard InChI is InChI=1S/C14H19BrClN3S/c1-9-12(16)8-11(15)13(17-9)19-14(20)18-10-6-4-2-3-5-7-10/h8,10H,2-7H2,1H3,(H2,17,18,19,20). The van der Waals surface area contributed by atoms with Gasteiger partial charge >= 0.3 is 0 Å². The van der Waals surface area contributed by atoms with Gasteiger partial charge in [0.2, 0.25) is 0 Å². The maximum atomic E-state index is 6.03. The summed E-state index contributed by atoms with van der Waals surface area (Å²) in [5.41, 5.74) is 0.787. The topological polar surface area (TPSA) is 37.0 Å². The van der Waals surface area contributed by atoms with Crippen LogP contribution in [0.1, 0.15) is 44.2 Å². The third-order valence-electron chi connectivity index (χ3n) is 3.53. The Hall–Kier alpha value is -0.390. The molecule has 6 heteroatoms. The molecule has 1 aliphatic carbocycles. The summed E-state index contributed by atoms with van der Waals surface area (Å²) in [7, 11) is 0. The molecule has 1 aromatic heterocycles. The summed E-state index contributed by atoms with van der Waals surface area (Å²) in [5.74, 6) is 0.707.